The summed E-state index contributed by atoms with van der Waals surface area (Å²) < 4.78 is 0. The van der Waals surface area contributed by atoms with Gasteiger partial charge in [-0.3, -0.25) is 0 Å². The summed E-state index contributed by atoms with van der Waals surface area (Å²) in [5.41, 5.74) is 6.65. The van der Waals surface area contributed by atoms with Gasteiger partial charge in [-0.25, -0.2) is 0 Å². The zero-order chi connectivity index (χ0) is 14.7. The van der Waals surface area contributed by atoms with Gasteiger partial charge in [0.15, 0.2) is 0 Å². The van der Waals surface area contributed by atoms with Crippen molar-refractivity contribution in [3.8, 4) is 0 Å². The second-order valence-corrected chi connectivity index (χ2v) is 7.92. The van der Waals surface area contributed by atoms with Gasteiger partial charge in [-0.1, -0.05) is 13.0 Å². The molecule has 0 aromatic heterocycles. The molecule has 1 heteroatoms. The lowest BCUT2D eigenvalue weighted by atomic mass is 9.59. The monoisotopic (exact) mass is 271 g/mol. The van der Waals surface area contributed by atoms with E-state index in [4.69, 9.17) is 0 Å². The minimum absolute atomic E-state index is 0.363. The molecule has 0 unspecified atom stereocenters. The zero-order valence-electron chi connectivity index (χ0n) is 14.0. The Morgan fingerprint density at radius 3 is 2.20 bits per heavy atom. The summed E-state index contributed by atoms with van der Waals surface area (Å²) >= 11 is 0. The van der Waals surface area contributed by atoms with Crippen LogP contribution in [0.25, 0.3) is 0 Å². The van der Waals surface area contributed by atoms with Gasteiger partial charge in [0.05, 0.1) is 0 Å². The molecular weight excluding hydrogens is 242 g/mol. The van der Waals surface area contributed by atoms with Crippen molar-refractivity contribution < 1.29 is 0 Å². The molecule has 20 heavy (non-hydrogen) atoms. The summed E-state index contributed by atoms with van der Waals surface area (Å²) in [7, 11) is 0. The van der Waals surface area contributed by atoms with Crippen LogP contribution in [-0.2, 0) is 0 Å². The van der Waals surface area contributed by atoms with Gasteiger partial charge < -0.3 is 4.90 Å². The van der Waals surface area contributed by atoms with Crippen LogP contribution in [0.5, 0.6) is 0 Å². The molecule has 0 radical (unpaired) electrons. The molecule has 3 fully saturated rings. The van der Waals surface area contributed by atoms with Crippen LogP contribution in [0.2, 0.25) is 0 Å². The van der Waals surface area contributed by atoms with Gasteiger partial charge in [-0.2, -0.15) is 0 Å². The molecule has 2 bridgehead atoms. The highest BCUT2D eigenvalue weighted by molar-refractivity contribution is 5.61. The molecule has 1 aromatic carbocycles. The normalized spacial score (nSPS) is 36.5. The van der Waals surface area contributed by atoms with Crippen molar-refractivity contribution in [2.45, 2.75) is 78.8 Å². The SMILES string of the molecule is Cc1cc(C)c(C)c(N2[C@@H](C)C3(C)CCC2(C)CC3)c1. The Kier molecular flexibility index (Phi) is 2.97. The van der Waals surface area contributed by atoms with Crippen LogP contribution in [0.3, 0.4) is 0 Å². The average Bonchev–Trinajstić information content (AvgIpc) is 2.38. The number of rotatable bonds is 1. The fraction of sp³-hybridized carbons (Fsp3) is 0.684. The molecule has 3 aliphatic rings. The van der Waals surface area contributed by atoms with Gasteiger partial charge in [0.25, 0.3) is 0 Å². The maximum atomic E-state index is 2.77. The first kappa shape index (κ1) is 14.0. The van der Waals surface area contributed by atoms with Crippen molar-refractivity contribution in [1.82, 2.24) is 0 Å². The van der Waals surface area contributed by atoms with Gasteiger partial charge in [-0.15, -0.1) is 0 Å². The van der Waals surface area contributed by atoms with Crippen molar-refractivity contribution >= 4 is 5.69 Å². The topological polar surface area (TPSA) is 3.24 Å². The Balaban J connectivity index is 2.14. The first-order valence-electron chi connectivity index (χ1n) is 8.14. The van der Waals surface area contributed by atoms with Crippen LogP contribution in [-0.4, -0.2) is 11.6 Å². The fourth-order valence-corrected chi connectivity index (χ4v) is 4.56. The summed E-state index contributed by atoms with van der Waals surface area (Å²) in [4.78, 5) is 2.77. The van der Waals surface area contributed by atoms with Crippen LogP contribution in [0.4, 0.5) is 5.69 Å². The number of hydrogen-bond donors (Lipinski definition) is 0. The second-order valence-electron chi connectivity index (χ2n) is 7.92. The Labute approximate surface area is 124 Å². The number of fused-ring (bicyclic) bond motifs is 3. The lowest BCUT2D eigenvalue weighted by Gasteiger charge is -2.63. The quantitative estimate of drug-likeness (QED) is 0.682. The van der Waals surface area contributed by atoms with E-state index in [9.17, 15) is 0 Å². The summed E-state index contributed by atoms with van der Waals surface area (Å²) in [6, 6.07) is 5.37. The second kappa shape index (κ2) is 4.26. The van der Waals surface area contributed by atoms with E-state index >= 15 is 0 Å². The maximum absolute atomic E-state index is 2.77. The third-order valence-corrected chi connectivity index (χ3v) is 6.49. The molecule has 0 spiro atoms. The van der Waals surface area contributed by atoms with E-state index in [2.05, 4.69) is 58.6 Å². The number of aryl methyl sites for hydroxylation is 2. The zero-order valence-corrected chi connectivity index (χ0v) is 14.0. The standard InChI is InChI=1S/C19H29N/c1-13-11-14(2)15(3)17(12-13)20-16(4)18(5)7-9-19(20,6)10-8-18/h11-12,16H,7-10H2,1-6H3/t16-,18?,19?/m0/s1. The minimum atomic E-state index is 0.363. The Morgan fingerprint density at radius 1 is 1.00 bits per heavy atom. The number of piperidine rings is 2. The molecule has 2 heterocycles. The highest BCUT2D eigenvalue weighted by Crippen LogP contribution is 2.55. The molecule has 1 aromatic rings. The fourth-order valence-electron chi connectivity index (χ4n) is 4.56. The number of hydrogen-bond acceptors (Lipinski definition) is 1. The molecule has 1 atom stereocenters. The van der Waals surface area contributed by atoms with E-state index in [-0.39, 0.29) is 0 Å². The third kappa shape index (κ3) is 1.82. The van der Waals surface area contributed by atoms with E-state index in [1.54, 1.807) is 0 Å². The molecular formula is C19H29N. The van der Waals surface area contributed by atoms with Crippen molar-refractivity contribution in [2.24, 2.45) is 5.41 Å². The highest BCUT2D eigenvalue weighted by Gasteiger charge is 2.53. The van der Waals surface area contributed by atoms with E-state index in [0.29, 0.717) is 17.0 Å². The van der Waals surface area contributed by atoms with Crippen molar-refractivity contribution in [1.29, 1.82) is 0 Å². The molecule has 1 nitrogen and oxygen atoms in total. The Hall–Kier alpha value is -0.980. The third-order valence-electron chi connectivity index (χ3n) is 6.49. The highest BCUT2D eigenvalue weighted by atomic mass is 15.3. The van der Waals surface area contributed by atoms with Gasteiger partial charge in [-0.05, 0) is 88.5 Å². The van der Waals surface area contributed by atoms with Gasteiger partial charge in [0, 0.05) is 17.3 Å². The van der Waals surface area contributed by atoms with Crippen molar-refractivity contribution in [3.63, 3.8) is 0 Å². The summed E-state index contributed by atoms with van der Waals surface area (Å²) in [5.74, 6) is 0. The first-order valence-corrected chi connectivity index (χ1v) is 8.14. The van der Waals surface area contributed by atoms with Gasteiger partial charge in [0.2, 0.25) is 0 Å². The van der Waals surface area contributed by atoms with Crippen molar-refractivity contribution in [2.75, 3.05) is 4.90 Å². The molecule has 0 amide bonds. The largest absolute Gasteiger partial charge is 0.363 e. The smallest absolute Gasteiger partial charge is 0.0408 e. The first-order chi connectivity index (χ1) is 9.27. The van der Waals surface area contributed by atoms with E-state index in [1.165, 1.54) is 48.1 Å². The minimum Gasteiger partial charge on any atom is -0.363 e. The molecule has 2 saturated heterocycles. The summed E-state index contributed by atoms with van der Waals surface area (Å²) in [5, 5.41) is 0. The molecule has 0 N–H and O–H groups in total. The molecule has 4 rings (SSSR count). The number of anilines is 1. The summed E-state index contributed by atoms with van der Waals surface area (Å²) in [6.45, 7) is 14.2. The van der Waals surface area contributed by atoms with E-state index in [0.717, 1.165) is 0 Å². The number of benzene rings is 1. The lowest BCUT2D eigenvalue weighted by Crippen LogP contribution is -2.65. The molecule has 110 valence electrons. The van der Waals surface area contributed by atoms with Crippen LogP contribution in [0, 0.1) is 26.2 Å². The van der Waals surface area contributed by atoms with E-state index < -0.39 is 0 Å². The predicted molar refractivity (Wildman–Crippen MR) is 87.6 cm³/mol. The van der Waals surface area contributed by atoms with Crippen LogP contribution in [0.15, 0.2) is 12.1 Å². The number of nitrogens with zero attached hydrogens (tertiary/aromatic N) is 1. The van der Waals surface area contributed by atoms with Crippen LogP contribution >= 0.6 is 0 Å². The molecule has 1 aliphatic carbocycles. The van der Waals surface area contributed by atoms with E-state index in [1.807, 2.05) is 0 Å². The molecule has 2 aliphatic heterocycles. The Bertz CT molecular complexity index is 535. The molecule has 1 saturated carbocycles. The summed E-state index contributed by atoms with van der Waals surface area (Å²) in [6.07, 6.45) is 5.48. The maximum Gasteiger partial charge on any atom is 0.0408 e. The lowest BCUT2D eigenvalue weighted by molar-refractivity contribution is 0.0508. The van der Waals surface area contributed by atoms with Crippen LogP contribution in [0.1, 0.15) is 63.1 Å². The van der Waals surface area contributed by atoms with Crippen molar-refractivity contribution in [3.05, 3.63) is 28.8 Å². The predicted octanol–water partition coefficient (Wildman–Crippen LogP) is 5.16. The van der Waals surface area contributed by atoms with Crippen LogP contribution < -0.4 is 4.90 Å². The Morgan fingerprint density at radius 2 is 1.60 bits per heavy atom. The van der Waals surface area contributed by atoms with Gasteiger partial charge in [0.1, 0.15) is 0 Å². The van der Waals surface area contributed by atoms with Gasteiger partial charge >= 0.3 is 0 Å². The average molecular weight is 271 g/mol.